The van der Waals surface area contributed by atoms with Crippen molar-refractivity contribution in [2.24, 2.45) is 5.73 Å². The van der Waals surface area contributed by atoms with Gasteiger partial charge < -0.3 is 11.1 Å². The number of carbonyl (C=O) groups excluding carboxylic acids is 1. The SMILES string of the molecule is CC(N)CC(=O)Nc1ccc(Cl)c(Br)c1.Cl. The van der Waals surface area contributed by atoms with E-state index >= 15 is 0 Å². The molecular weight excluding hydrogens is 315 g/mol. The van der Waals surface area contributed by atoms with Crippen LogP contribution in [-0.4, -0.2) is 11.9 Å². The summed E-state index contributed by atoms with van der Waals surface area (Å²) in [5.74, 6) is -0.0979. The average Bonchev–Trinajstić information content (AvgIpc) is 2.10. The maximum absolute atomic E-state index is 11.4. The topological polar surface area (TPSA) is 55.1 Å². The Morgan fingerprint density at radius 2 is 2.25 bits per heavy atom. The fourth-order valence-corrected chi connectivity index (χ4v) is 1.57. The lowest BCUT2D eigenvalue weighted by atomic mass is 10.2. The van der Waals surface area contributed by atoms with E-state index in [1.165, 1.54) is 0 Å². The van der Waals surface area contributed by atoms with E-state index in [2.05, 4.69) is 21.2 Å². The van der Waals surface area contributed by atoms with Crippen LogP contribution >= 0.6 is 39.9 Å². The van der Waals surface area contributed by atoms with Gasteiger partial charge in [-0.3, -0.25) is 4.79 Å². The number of rotatable bonds is 3. The molecule has 0 heterocycles. The first-order valence-electron chi connectivity index (χ1n) is 4.49. The highest BCUT2D eigenvalue weighted by Crippen LogP contribution is 2.25. The van der Waals surface area contributed by atoms with Crippen LogP contribution in [0.25, 0.3) is 0 Å². The van der Waals surface area contributed by atoms with Crippen LogP contribution in [0.15, 0.2) is 22.7 Å². The van der Waals surface area contributed by atoms with Crippen LogP contribution < -0.4 is 11.1 Å². The molecule has 0 saturated heterocycles. The van der Waals surface area contributed by atoms with Crippen LogP contribution in [0, 0.1) is 0 Å². The second-order valence-electron chi connectivity index (χ2n) is 3.36. The molecule has 1 atom stereocenters. The summed E-state index contributed by atoms with van der Waals surface area (Å²) in [5, 5.41) is 3.35. The third kappa shape index (κ3) is 5.16. The van der Waals surface area contributed by atoms with Crippen molar-refractivity contribution in [3.8, 4) is 0 Å². The first-order chi connectivity index (χ1) is 6.99. The van der Waals surface area contributed by atoms with Crippen LogP contribution in [-0.2, 0) is 4.79 Å². The fraction of sp³-hybridized carbons (Fsp3) is 0.300. The highest BCUT2D eigenvalue weighted by molar-refractivity contribution is 9.10. The van der Waals surface area contributed by atoms with E-state index in [9.17, 15) is 4.79 Å². The monoisotopic (exact) mass is 326 g/mol. The molecule has 90 valence electrons. The number of carbonyl (C=O) groups is 1. The molecule has 1 aromatic rings. The molecule has 0 saturated carbocycles. The number of hydrogen-bond donors (Lipinski definition) is 2. The smallest absolute Gasteiger partial charge is 0.225 e. The molecule has 1 unspecified atom stereocenters. The second-order valence-corrected chi connectivity index (χ2v) is 4.62. The zero-order chi connectivity index (χ0) is 11.4. The molecule has 0 bridgehead atoms. The first-order valence-corrected chi connectivity index (χ1v) is 5.66. The van der Waals surface area contributed by atoms with Crippen molar-refractivity contribution in [3.63, 3.8) is 0 Å². The van der Waals surface area contributed by atoms with E-state index < -0.39 is 0 Å². The van der Waals surface area contributed by atoms with Crippen molar-refractivity contribution in [2.75, 3.05) is 5.32 Å². The summed E-state index contributed by atoms with van der Waals surface area (Å²) in [7, 11) is 0. The first kappa shape index (κ1) is 15.7. The summed E-state index contributed by atoms with van der Waals surface area (Å²) < 4.78 is 0.753. The van der Waals surface area contributed by atoms with Gasteiger partial charge in [-0.1, -0.05) is 11.6 Å². The van der Waals surface area contributed by atoms with E-state index in [-0.39, 0.29) is 24.4 Å². The molecule has 0 spiro atoms. The maximum atomic E-state index is 11.4. The van der Waals surface area contributed by atoms with E-state index in [4.69, 9.17) is 17.3 Å². The lowest BCUT2D eigenvalue weighted by molar-refractivity contribution is -0.116. The predicted molar refractivity (Wildman–Crippen MR) is 73.3 cm³/mol. The van der Waals surface area contributed by atoms with Gasteiger partial charge in [0.1, 0.15) is 0 Å². The number of amides is 1. The van der Waals surface area contributed by atoms with Gasteiger partial charge in [0, 0.05) is 22.6 Å². The number of hydrogen-bond acceptors (Lipinski definition) is 2. The number of benzene rings is 1. The Labute approximate surface area is 114 Å². The van der Waals surface area contributed by atoms with Crippen molar-refractivity contribution < 1.29 is 4.79 Å². The van der Waals surface area contributed by atoms with Crippen molar-refractivity contribution in [3.05, 3.63) is 27.7 Å². The largest absolute Gasteiger partial charge is 0.327 e. The minimum atomic E-state index is -0.138. The predicted octanol–water partition coefficient (Wildman–Crippen LogP) is 3.20. The molecule has 16 heavy (non-hydrogen) atoms. The van der Waals surface area contributed by atoms with Crippen molar-refractivity contribution in [2.45, 2.75) is 19.4 Å². The Morgan fingerprint density at radius 1 is 1.62 bits per heavy atom. The Balaban J connectivity index is 0.00000225. The van der Waals surface area contributed by atoms with Gasteiger partial charge in [-0.15, -0.1) is 12.4 Å². The van der Waals surface area contributed by atoms with Gasteiger partial charge in [0.2, 0.25) is 5.91 Å². The number of nitrogens with one attached hydrogen (secondary N) is 1. The Morgan fingerprint density at radius 3 is 2.75 bits per heavy atom. The average molecular weight is 328 g/mol. The third-order valence-electron chi connectivity index (χ3n) is 1.71. The lowest BCUT2D eigenvalue weighted by Crippen LogP contribution is -2.23. The maximum Gasteiger partial charge on any atom is 0.225 e. The molecule has 0 radical (unpaired) electrons. The molecule has 0 aliphatic carbocycles. The van der Waals surface area contributed by atoms with Gasteiger partial charge in [0.15, 0.2) is 0 Å². The third-order valence-corrected chi connectivity index (χ3v) is 2.92. The fourth-order valence-electron chi connectivity index (χ4n) is 1.08. The molecule has 0 aromatic heterocycles. The van der Waals surface area contributed by atoms with Crippen molar-refractivity contribution >= 4 is 51.5 Å². The molecule has 3 nitrogen and oxygen atoms in total. The summed E-state index contributed by atoms with van der Waals surface area (Å²) in [6.07, 6.45) is 0.306. The molecule has 3 N–H and O–H groups in total. The lowest BCUT2D eigenvalue weighted by Gasteiger charge is -2.07. The van der Waals surface area contributed by atoms with E-state index in [0.29, 0.717) is 17.1 Å². The van der Waals surface area contributed by atoms with Crippen molar-refractivity contribution in [1.29, 1.82) is 0 Å². The molecule has 1 rings (SSSR count). The van der Waals surface area contributed by atoms with Crippen LogP contribution in [0.1, 0.15) is 13.3 Å². The molecule has 6 heteroatoms. The van der Waals surface area contributed by atoms with Gasteiger partial charge >= 0.3 is 0 Å². The Kier molecular flexibility index (Phi) is 6.99. The number of halogens is 3. The summed E-state index contributed by atoms with van der Waals surface area (Å²) in [4.78, 5) is 11.4. The van der Waals surface area contributed by atoms with Crippen molar-refractivity contribution in [1.82, 2.24) is 0 Å². The second kappa shape index (κ2) is 7.12. The van der Waals surface area contributed by atoms with Crippen LogP contribution in [0.4, 0.5) is 5.69 Å². The highest BCUT2D eigenvalue weighted by Gasteiger charge is 2.06. The van der Waals surface area contributed by atoms with Crippen LogP contribution in [0.5, 0.6) is 0 Å². The minimum Gasteiger partial charge on any atom is -0.327 e. The minimum absolute atomic E-state index is 0. The molecule has 0 aliphatic rings. The highest BCUT2D eigenvalue weighted by atomic mass is 79.9. The van der Waals surface area contributed by atoms with Crippen LogP contribution in [0.3, 0.4) is 0 Å². The number of nitrogens with two attached hydrogens (primary N) is 1. The van der Waals surface area contributed by atoms with Gasteiger partial charge in [-0.05, 0) is 41.1 Å². The normalized spacial score (nSPS) is 11.5. The molecule has 1 amide bonds. The van der Waals surface area contributed by atoms with E-state index in [1.54, 1.807) is 25.1 Å². The Hall–Kier alpha value is -0.290. The van der Waals surface area contributed by atoms with Gasteiger partial charge in [-0.2, -0.15) is 0 Å². The standard InChI is InChI=1S/C10H12BrClN2O.ClH/c1-6(13)4-10(15)14-7-2-3-9(12)8(11)5-7;/h2-3,5-6H,4,13H2,1H3,(H,14,15);1H. The van der Waals surface area contributed by atoms with Gasteiger partial charge in [0.25, 0.3) is 0 Å². The zero-order valence-electron chi connectivity index (χ0n) is 8.67. The van der Waals surface area contributed by atoms with E-state index in [1.807, 2.05) is 0 Å². The van der Waals surface area contributed by atoms with Crippen LogP contribution in [0.2, 0.25) is 5.02 Å². The molecule has 0 fully saturated rings. The summed E-state index contributed by atoms with van der Waals surface area (Å²) in [5.41, 5.74) is 6.22. The summed E-state index contributed by atoms with van der Waals surface area (Å²) >= 11 is 9.10. The van der Waals surface area contributed by atoms with Gasteiger partial charge in [0.05, 0.1) is 5.02 Å². The van der Waals surface area contributed by atoms with E-state index in [0.717, 1.165) is 4.47 Å². The molecule has 0 aliphatic heterocycles. The quantitative estimate of drug-likeness (QED) is 0.895. The zero-order valence-corrected chi connectivity index (χ0v) is 11.8. The summed E-state index contributed by atoms with van der Waals surface area (Å²) in [6.45, 7) is 1.79. The summed E-state index contributed by atoms with van der Waals surface area (Å²) in [6, 6.07) is 5.07. The molecule has 1 aromatic carbocycles. The Bertz CT molecular complexity index is 372. The van der Waals surface area contributed by atoms with Gasteiger partial charge in [-0.25, -0.2) is 0 Å². The number of anilines is 1. The molecular formula is C10H13BrCl2N2O.